The second kappa shape index (κ2) is 8.47. The zero-order chi connectivity index (χ0) is 26.8. The zero-order valence-electron chi connectivity index (χ0n) is 22.5. The number of fused-ring (bicyclic) bond motifs is 1. The molecular formula is C28H34N8O2. The highest BCUT2D eigenvalue weighted by Gasteiger charge is 2.54. The second-order valence-corrected chi connectivity index (χ2v) is 12.0. The van der Waals surface area contributed by atoms with Gasteiger partial charge < -0.3 is 14.8 Å². The van der Waals surface area contributed by atoms with E-state index in [-0.39, 0.29) is 28.8 Å². The van der Waals surface area contributed by atoms with Crippen molar-refractivity contribution in [2.45, 2.75) is 52.0 Å². The summed E-state index contributed by atoms with van der Waals surface area (Å²) in [4.78, 5) is 27.9. The topological polar surface area (TPSA) is 101 Å². The molecule has 0 atom stereocenters. The van der Waals surface area contributed by atoms with Gasteiger partial charge in [0, 0.05) is 55.5 Å². The Bertz CT molecular complexity index is 1520. The fraction of sp³-hybridized carbons (Fsp3) is 0.429. The minimum Gasteiger partial charge on any atom is -0.337 e. The van der Waals surface area contributed by atoms with Crippen LogP contribution in [0.3, 0.4) is 0 Å². The summed E-state index contributed by atoms with van der Waals surface area (Å²) in [5, 5.41) is 15.2. The van der Waals surface area contributed by atoms with Crippen LogP contribution in [0.25, 0.3) is 11.3 Å². The third-order valence-electron chi connectivity index (χ3n) is 7.80. The van der Waals surface area contributed by atoms with Gasteiger partial charge in [0.05, 0.1) is 17.6 Å². The summed E-state index contributed by atoms with van der Waals surface area (Å²) >= 11 is 0. The molecule has 10 nitrogen and oxygen atoms in total. The molecule has 6 rings (SSSR count). The normalized spacial score (nSPS) is 16.9. The zero-order valence-corrected chi connectivity index (χ0v) is 22.5. The van der Waals surface area contributed by atoms with Gasteiger partial charge in [-0.25, -0.2) is 14.0 Å². The van der Waals surface area contributed by atoms with Crippen molar-refractivity contribution in [2.75, 3.05) is 18.4 Å². The molecule has 38 heavy (non-hydrogen) atoms. The summed E-state index contributed by atoms with van der Waals surface area (Å²) in [6, 6.07) is 9.87. The number of hydrogen-bond donors (Lipinski definition) is 2. The first-order valence-corrected chi connectivity index (χ1v) is 13.0. The van der Waals surface area contributed by atoms with E-state index in [1.54, 1.807) is 15.4 Å². The lowest BCUT2D eigenvalue weighted by Gasteiger charge is -2.58. The third-order valence-corrected chi connectivity index (χ3v) is 7.80. The molecule has 1 aromatic carbocycles. The lowest BCUT2D eigenvalue weighted by molar-refractivity contribution is -0.0582. The SMILES string of the molecule is Cc1ccc(-n2nc(C(C)(C)C)cc2NC(=O)NC2CC3(C2)CN(C(=O)c2cnn4ccn(C)c24)C3)cc1. The van der Waals surface area contributed by atoms with Crippen LogP contribution < -0.4 is 10.6 Å². The molecule has 198 valence electrons. The van der Waals surface area contributed by atoms with Crippen molar-refractivity contribution in [2.24, 2.45) is 12.5 Å². The van der Waals surface area contributed by atoms with Crippen LogP contribution in [0.5, 0.6) is 0 Å². The summed E-state index contributed by atoms with van der Waals surface area (Å²) in [5.74, 6) is 0.652. The number of nitrogens with zero attached hydrogens (tertiary/aromatic N) is 6. The molecule has 1 aliphatic heterocycles. The number of anilines is 1. The molecule has 2 fully saturated rings. The number of aryl methyl sites for hydroxylation is 2. The highest BCUT2D eigenvalue weighted by molar-refractivity contribution is 6.00. The van der Waals surface area contributed by atoms with Gasteiger partial charge in [-0.3, -0.25) is 10.1 Å². The maximum Gasteiger partial charge on any atom is 0.320 e. The molecule has 0 radical (unpaired) electrons. The van der Waals surface area contributed by atoms with Crippen molar-refractivity contribution in [1.29, 1.82) is 0 Å². The average molecular weight is 515 g/mol. The molecule has 0 unspecified atom stereocenters. The van der Waals surface area contributed by atoms with Crippen molar-refractivity contribution in [3.63, 3.8) is 0 Å². The van der Waals surface area contributed by atoms with Gasteiger partial charge in [0.1, 0.15) is 17.0 Å². The Labute approximate surface area is 221 Å². The number of carbonyl (C=O) groups is 2. The van der Waals surface area contributed by atoms with Crippen LogP contribution in [-0.4, -0.2) is 59.9 Å². The number of amides is 3. The van der Waals surface area contributed by atoms with Crippen LogP contribution in [0, 0.1) is 12.3 Å². The Morgan fingerprint density at radius 1 is 1.08 bits per heavy atom. The monoisotopic (exact) mass is 514 g/mol. The summed E-state index contributed by atoms with van der Waals surface area (Å²) in [5.41, 5.74) is 4.34. The number of aromatic nitrogens is 5. The van der Waals surface area contributed by atoms with E-state index in [1.807, 2.05) is 66.2 Å². The molecule has 1 saturated carbocycles. The molecule has 1 saturated heterocycles. The number of urea groups is 1. The first-order valence-electron chi connectivity index (χ1n) is 13.0. The Hall–Kier alpha value is -4.08. The number of nitrogens with one attached hydrogen (secondary N) is 2. The summed E-state index contributed by atoms with van der Waals surface area (Å²) in [7, 11) is 1.91. The van der Waals surface area contributed by atoms with Gasteiger partial charge in [0.25, 0.3) is 5.91 Å². The van der Waals surface area contributed by atoms with Gasteiger partial charge in [0.15, 0.2) is 0 Å². The lowest BCUT2D eigenvalue weighted by atomic mass is 9.60. The molecule has 1 spiro atoms. The molecule has 3 aromatic heterocycles. The predicted molar refractivity (Wildman–Crippen MR) is 145 cm³/mol. The first kappa shape index (κ1) is 24.3. The molecule has 1 aliphatic carbocycles. The molecule has 0 bridgehead atoms. The molecule has 4 aromatic rings. The van der Waals surface area contributed by atoms with Crippen molar-refractivity contribution in [1.82, 2.24) is 34.2 Å². The van der Waals surface area contributed by atoms with E-state index < -0.39 is 0 Å². The summed E-state index contributed by atoms with van der Waals surface area (Å²) in [6.45, 7) is 9.78. The fourth-order valence-electron chi connectivity index (χ4n) is 5.68. The minimum absolute atomic E-state index is 0.0144. The van der Waals surface area contributed by atoms with Crippen LogP contribution in [-0.2, 0) is 12.5 Å². The van der Waals surface area contributed by atoms with Crippen LogP contribution in [0.2, 0.25) is 0 Å². The average Bonchev–Trinajstić information content (AvgIpc) is 3.51. The van der Waals surface area contributed by atoms with Crippen LogP contribution >= 0.6 is 0 Å². The van der Waals surface area contributed by atoms with E-state index in [9.17, 15) is 9.59 Å². The van der Waals surface area contributed by atoms with Crippen LogP contribution in [0.15, 0.2) is 48.9 Å². The third kappa shape index (κ3) is 4.13. The van der Waals surface area contributed by atoms with Gasteiger partial charge >= 0.3 is 6.03 Å². The maximum absolute atomic E-state index is 13.1. The smallest absolute Gasteiger partial charge is 0.320 e. The Morgan fingerprint density at radius 3 is 2.47 bits per heavy atom. The van der Waals surface area contributed by atoms with Crippen LogP contribution in [0.4, 0.5) is 10.6 Å². The Kier molecular flexibility index (Phi) is 5.41. The van der Waals surface area contributed by atoms with Crippen molar-refractivity contribution in [3.05, 3.63) is 65.7 Å². The molecular weight excluding hydrogens is 480 g/mol. The maximum atomic E-state index is 13.1. The van der Waals surface area contributed by atoms with Gasteiger partial charge in [-0.2, -0.15) is 10.2 Å². The number of hydrogen-bond acceptors (Lipinski definition) is 4. The predicted octanol–water partition coefficient (Wildman–Crippen LogP) is 3.89. The van der Waals surface area contributed by atoms with Gasteiger partial charge in [-0.1, -0.05) is 38.5 Å². The highest BCUT2D eigenvalue weighted by Crippen LogP contribution is 2.48. The van der Waals surface area contributed by atoms with E-state index >= 15 is 0 Å². The number of likely N-dealkylation sites (tertiary alicyclic amines) is 1. The van der Waals surface area contributed by atoms with Gasteiger partial charge in [0.2, 0.25) is 0 Å². The number of carbonyl (C=O) groups excluding carboxylic acids is 2. The van der Waals surface area contributed by atoms with Gasteiger partial charge in [-0.15, -0.1) is 0 Å². The van der Waals surface area contributed by atoms with Crippen molar-refractivity contribution < 1.29 is 9.59 Å². The van der Waals surface area contributed by atoms with Crippen molar-refractivity contribution >= 4 is 23.4 Å². The van der Waals surface area contributed by atoms with Crippen LogP contribution in [0.1, 0.15) is 55.2 Å². The van der Waals surface area contributed by atoms with E-state index in [4.69, 9.17) is 5.10 Å². The molecule has 2 aliphatic rings. The van der Waals surface area contributed by atoms with E-state index in [0.717, 1.165) is 35.4 Å². The quantitative estimate of drug-likeness (QED) is 0.431. The highest BCUT2D eigenvalue weighted by atomic mass is 16.2. The molecule has 2 N–H and O–H groups in total. The van der Waals surface area contributed by atoms with Gasteiger partial charge in [-0.05, 0) is 31.9 Å². The fourth-order valence-corrected chi connectivity index (χ4v) is 5.68. The van der Waals surface area contributed by atoms with E-state index in [0.29, 0.717) is 24.5 Å². The van der Waals surface area contributed by atoms with Crippen molar-refractivity contribution in [3.8, 4) is 5.69 Å². The molecule has 4 heterocycles. The minimum atomic E-state index is -0.239. The standard InChI is InChI=1S/C28H34N8O2/c1-18-6-8-20(9-7-18)36-23(12-22(32-36)27(2,3)4)31-26(38)30-19-13-28(14-19)16-34(17-28)25(37)21-15-29-35-11-10-33(5)24(21)35/h6-12,15,19H,13-14,16-17H2,1-5H3,(H2,30,31,38). The summed E-state index contributed by atoms with van der Waals surface area (Å²) in [6.07, 6.45) is 7.10. The Balaban J connectivity index is 1.06. The molecule has 10 heteroatoms. The van der Waals surface area contributed by atoms with E-state index in [2.05, 4.69) is 36.5 Å². The Morgan fingerprint density at radius 2 is 1.79 bits per heavy atom. The largest absolute Gasteiger partial charge is 0.337 e. The molecule has 3 amide bonds. The number of benzene rings is 1. The lowest BCUT2D eigenvalue weighted by Crippen LogP contribution is -2.67. The first-order chi connectivity index (χ1) is 18.0. The second-order valence-electron chi connectivity index (χ2n) is 12.0. The van der Waals surface area contributed by atoms with E-state index in [1.165, 1.54) is 0 Å². The number of imidazole rings is 1. The summed E-state index contributed by atoms with van der Waals surface area (Å²) < 4.78 is 5.42. The number of rotatable bonds is 4.